The first kappa shape index (κ1) is 36.4. The molecule has 44 heavy (non-hydrogen) atoms. The molecule has 11 heteroatoms. The molecule has 4 aliphatic heterocycles. The quantitative estimate of drug-likeness (QED) is 0.152. The highest BCUT2D eigenvalue weighted by atomic mass is 16.6. The van der Waals surface area contributed by atoms with E-state index in [-0.39, 0.29) is 47.1 Å². The van der Waals surface area contributed by atoms with Gasteiger partial charge in [0.05, 0.1) is 119 Å². The van der Waals surface area contributed by atoms with Crippen molar-refractivity contribution in [1.29, 1.82) is 0 Å². The smallest absolute Gasteiger partial charge is 0.104 e. The zero-order valence-corrected chi connectivity index (χ0v) is 27.8. The Morgan fingerprint density at radius 2 is 0.750 bits per heavy atom. The van der Waals surface area contributed by atoms with Crippen LogP contribution in [0.3, 0.4) is 0 Å². The fourth-order valence-corrected chi connectivity index (χ4v) is 5.58. The number of aliphatic hydroxyl groups is 1. The van der Waals surface area contributed by atoms with Crippen LogP contribution in [0.5, 0.6) is 0 Å². The van der Waals surface area contributed by atoms with Crippen molar-refractivity contribution in [3.63, 3.8) is 0 Å². The third kappa shape index (κ3) is 10.3. The third-order valence-electron chi connectivity index (χ3n) is 10.2. The van der Waals surface area contributed by atoms with E-state index in [0.717, 1.165) is 65.3 Å². The molecule has 1 N–H and O–H groups in total. The van der Waals surface area contributed by atoms with Crippen LogP contribution in [0.2, 0.25) is 0 Å². The average molecular weight is 633 g/mol. The molecule has 4 saturated heterocycles. The largest absolute Gasteiger partial charge is 0.388 e. The predicted octanol–water partition coefficient (Wildman–Crippen LogP) is 2.89. The van der Waals surface area contributed by atoms with Crippen molar-refractivity contribution in [3.8, 4) is 0 Å². The lowest BCUT2D eigenvalue weighted by atomic mass is 9.84. The molecule has 4 rings (SSSR count). The van der Waals surface area contributed by atoms with Crippen LogP contribution >= 0.6 is 0 Å². The van der Waals surface area contributed by atoms with E-state index in [9.17, 15) is 5.11 Å². The maximum Gasteiger partial charge on any atom is 0.104 e. The van der Waals surface area contributed by atoms with Gasteiger partial charge in [-0.15, -0.1) is 0 Å². The lowest BCUT2D eigenvalue weighted by Gasteiger charge is -2.41. The number of ether oxygens (including phenoxy) is 10. The van der Waals surface area contributed by atoms with Crippen molar-refractivity contribution >= 4 is 0 Å². The summed E-state index contributed by atoms with van der Waals surface area (Å²) < 4.78 is 58.6. The van der Waals surface area contributed by atoms with Gasteiger partial charge in [-0.05, 0) is 25.7 Å². The van der Waals surface area contributed by atoms with E-state index >= 15 is 0 Å². The van der Waals surface area contributed by atoms with Gasteiger partial charge < -0.3 is 52.5 Å². The Morgan fingerprint density at radius 3 is 1.05 bits per heavy atom. The number of rotatable bonds is 26. The molecule has 0 spiro atoms. The minimum absolute atomic E-state index is 0.0738. The normalized spacial score (nSPS) is 24.1. The Bertz CT molecular complexity index is 745. The van der Waals surface area contributed by atoms with Crippen LogP contribution in [0, 0.1) is 21.7 Å². The Morgan fingerprint density at radius 1 is 0.455 bits per heavy atom. The lowest BCUT2D eigenvalue weighted by Crippen LogP contribution is -2.47. The summed E-state index contributed by atoms with van der Waals surface area (Å²) in [7, 11) is 0. The zero-order valence-electron chi connectivity index (χ0n) is 27.8. The van der Waals surface area contributed by atoms with Gasteiger partial charge in [0.2, 0.25) is 0 Å². The van der Waals surface area contributed by atoms with Gasteiger partial charge in [0.15, 0.2) is 0 Å². The molecule has 4 heterocycles. The molecule has 0 bridgehead atoms. The molecule has 0 aromatic carbocycles. The van der Waals surface area contributed by atoms with E-state index in [1.807, 2.05) is 0 Å². The van der Waals surface area contributed by atoms with Crippen LogP contribution < -0.4 is 0 Å². The van der Waals surface area contributed by atoms with Crippen molar-refractivity contribution in [2.24, 2.45) is 21.7 Å². The van der Waals surface area contributed by atoms with E-state index in [1.165, 1.54) is 0 Å². The van der Waals surface area contributed by atoms with Gasteiger partial charge >= 0.3 is 0 Å². The fraction of sp³-hybridized carbons (Fsp3) is 1.00. The monoisotopic (exact) mass is 632 g/mol. The van der Waals surface area contributed by atoms with Crippen molar-refractivity contribution < 1.29 is 52.5 Å². The Labute approximate surface area is 264 Å². The second-order valence-corrected chi connectivity index (χ2v) is 14.0. The molecule has 4 aliphatic rings. The van der Waals surface area contributed by atoms with Crippen LogP contribution in [0.15, 0.2) is 0 Å². The molecule has 4 fully saturated rings. The first-order valence-electron chi connectivity index (χ1n) is 16.9. The molecular weight excluding hydrogens is 572 g/mol. The number of hydrogen-bond donors (Lipinski definition) is 1. The summed E-state index contributed by atoms with van der Waals surface area (Å²) in [6.07, 6.45) is 2.65. The molecule has 258 valence electrons. The minimum atomic E-state index is -0.748. The molecule has 0 saturated carbocycles. The lowest BCUT2D eigenvalue weighted by molar-refractivity contribution is -0.183. The summed E-state index contributed by atoms with van der Waals surface area (Å²) in [5, 5.41) is 10.6. The number of hydrogen-bond acceptors (Lipinski definition) is 11. The van der Waals surface area contributed by atoms with Crippen LogP contribution in [-0.4, -0.2) is 142 Å². The second-order valence-electron chi connectivity index (χ2n) is 14.0. The maximum atomic E-state index is 10.6. The fourth-order valence-electron chi connectivity index (χ4n) is 5.58. The van der Waals surface area contributed by atoms with E-state index in [1.54, 1.807) is 0 Å². The van der Waals surface area contributed by atoms with Crippen molar-refractivity contribution in [2.75, 3.05) is 119 Å². The SMILES string of the molecule is CCC1(COCC(O)COC(COCC2(CC)COC2)COC(COCC2(CC)COC2)COCC2(CC)COC2)COC1. The van der Waals surface area contributed by atoms with Gasteiger partial charge in [0.25, 0.3) is 0 Å². The average Bonchev–Trinajstić information content (AvgIpc) is 2.95. The van der Waals surface area contributed by atoms with Gasteiger partial charge in [0.1, 0.15) is 18.3 Å². The molecule has 2 atom stereocenters. The van der Waals surface area contributed by atoms with Crippen LogP contribution in [0.1, 0.15) is 53.4 Å². The molecule has 0 aromatic rings. The summed E-state index contributed by atoms with van der Waals surface area (Å²) in [5.41, 5.74) is 0.350. The molecule has 11 nitrogen and oxygen atoms in total. The van der Waals surface area contributed by atoms with Gasteiger partial charge in [-0.3, -0.25) is 0 Å². The summed E-state index contributed by atoms with van der Waals surface area (Å²) in [5.74, 6) is 0. The first-order chi connectivity index (χ1) is 21.3. The molecule has 0 amide bonds. The Hall–Kier alpha value is -0.440. The van der Waals surface area contributed by atoms with E-state index < -0.39 is 6.10 Å². The minimum Gasteiger partial charge on any atom is -0.388 e. The van der Waals surface area contributed by atoms with Crippen molar-refractivity contribution in [3.05, 3.63) is 0 Å². The molecule has 0 radical (unpaired) electrons. The highest BCUT2D eigenvalue weighted by Gasteiger charge is 2.40. The topological polar surface area (TPSA) is 113 Å². The summed E-state index contributed by atoms with van der Waals surface area (Å²) in [6.45, 7) is 18.8. The highest BCUT2D eigenvalue weighted by Crippen LogP contribution is 2.34. The Balaban J connectivity index is 1.26. The van der Waals surface area contributed by atoms with Crippen LogP contribution in [0.25, 0.3) is 0 Å². The summed E-state index contributed by atoms with van der Waals surface area (Å²) in [6, 6.07) is 0. The van der Waals surface area contributed by atoms with Crippen LogP contribution in [-0.2, 0) is 47.4 Å². The number of aliphatic hydroxyl groups excluding tert-OH is 1. The highest BCUT2D eigenvalue weighted by molar-refractivity contribution is 4.86. The second kappa shape index (κ2) is 17.6. The van der Waals surface area contributed by atoms with Gasteiger partial charge in [0, 0.05) is 21.7 Å². The third-order valence-corrected chi connectivity index (χ3v) is 10.2. The van der Waals surface area contributed by atoms with Gasteiger partial charge in [-0.25, -0.2) is 0 Å². The molecule has 2 unspecified atom stereocenters. The molecule has 0 aliphatic carbocycles. The van der Waals surface area contributed by atoms with E-state index in [0.29, 0.717) is 66.1 Å². The summed E-state index contributed by atoms with van der Waals surface area (Å²) >= 11 is 0. The first-order valence-corrected chi connectivity index (χ1v) is 16.9. The summed E-state index contributed by atoms with van der Waals surface area (Å²) in [4.78, 5) is 0. The van der Waals surface area contributed by atoms with Crippen LogP contribution in [0.4, 0.5) is 0 Å². The maximum absolute atomic E-state index is 10.6. The van der Waals surface area contributed by atoms with Gasteiger partial charge in [-0.2, -0.15) is 0 Å². The standard InChI is InChI=1S/C33H60O11/c1-5-30(19-39-20-30)15-35-9-27(34)10-43-29(13-38-18-33(8-4)25-42-26-33)14-44-28(11-36-16-31(6-2)21-40-22-31)12-37-17-32(7-3)23-41-24-32/h27-29,34H,5-26H2,1-4H3. The Kier molecular flexibility index (Phi) is 14.6. The molecular formula is C33H60O11. The molecule has 0 aromatic heterocycles. The predicted molar refractivity (Wildman–Crippen MR) is 163 cm³/mol. The van der Waals surface area contributed by atoms with E-state index in [2.05, 4.69) is 27.7 Å². The van der Waals surface area contributed by atoms with Gasteiger partial charge in [-0.1, -0.05) is 27.7 Å². The zero-order chi connectivity index (χ0) is 31.4. The van der Waals surface area contributed by atoms with Crippen molar-refractivity contribution in [1.82, 2.24) is 0 Å². The van der Waals surface area contributed by atoms with E-state index in [4.69, 9.17) is 47.4 Å². The van der Waals surface area contributed by atoms with Crippen molar-refractivity contribution in [2.45, 2.75) is 71.7 Å².